The summed E-state index contributed by atoms with van der Waals surface area (Å²) < 4.78 is 5.10. The molecule has 1 aromatic heterocycles. The summed E-state index contributed by atoms with van der Waals surface area (Å²) in [5, 5.41) is 5.93. The molecule has 0 spiro atoms. The molecule has 0 unspecified atom stereocenters. The number of nitrogens with two attached hydrogens (primary N) is 1. The molecule has 1 heterocycles. The maximum atomic E-state index is 11.5. The maximum Gasteiger partial charge on any atom is 0.221 e. The van der Waals surface area contributed by atoms with E-state index in [1.807, 2.05) is 0 Å². The Hall–Kier alpha value is -2.05. The van der Waals surface area contributed by atoms with Crippen LogP contribution < -0.4 is 21.1 Å². The van der Waals surface area contributed by atoms with Crippen LogP contribution in [0.4, 0.5) is 11.6 Å². The van der Waals surface area contributed by atoms with E-state index in [2.05, 4.69) is 20.6 Å². The average molecular weight is 251 g/mol. The number of aromatic nitrogens is 2. The summed E-state index contributed by atoms with van der Waals surface area (Å²) in [6.45, 7) is 0.478. The largest absolute Gasteiger partial charge is 0.490 e. The molecule has 0 bridgehead atoms. The summed E-state index contributed by atoms with van der Waals surface area (Å²) in [6, 6.07) is 0.390. The Labute approximate surface area is 105 Å². The van der Waals surface area contributed by atoms with Gasteiger partial charge in [0.25, 0.3) is 0 Å². The highest BCUT2D eigenvalue weighted by Crippen LogP contribution is 2.26. The lowest BCUT2D eigenvalue weighted by Gasteiger charge is -2.10. The van der Waals surface area contributed by atoms with Crippen LogP contribution in [0.25, 0.3) is 0 Å². The van der Waals surface area contributed by atoms with Crippen LogP contribution in [0.15, 0.2) is 6.33 Å². The minimum Gasteiger partial charge on any atom is -0.490 e. The Bertz CT molecular complexity index is 433. The summed E-state index contributed by atoms with van der Waals surface area (Å²) >= 11 is 0. The van der Waals surface area contributed by atoms with Crippen molar-refractivity contribution in [2.45, 2.75) is 25.3 Å². The predicted octanol–water partition coefficient (Wildman–Crippen LogP) is 0.148. The fourth-order valence-corrected chi connectivity index (χ4v) is 1.54. The second-order valence-corrected chi connectivity index (χ2v) is 4.16. The second kappa shape index (κ2) is 5.52. The second-order valence-electron chi connectivity index (χ2n) is 4.16. The Kier molecular flexibility index (Phi) is 3.81. The third kappa shape index (κ3) is 3.22. The Morgan fingerprint density at radius 2 is 2.33 bits per heavy atom. The first-order chi connectivity index (χ1) is 8.70. The lowest BCUT2D eigenvalue weighted by Crippen LogP contribution is -2.27. The van der Waals surface area contributed by atoms with Gasteiger partial charge in [-0.05, 0) is 12.8 Å². The van der Waals surface area contributed by atoms with E-state index >= 15 is 0 Å². The van der Waals surface area contributed by atoms with Crippen LogP contribution in [-0.2, 0) is 4.79 Å². The highest BCUT2D eigenvalue weighted by atomic mass is 16.5. The number of ether oxygens (including phenoxy) is 1. The van der Waals surface area contributed by atoms with E-state index in [-0.39, 0.29) is 11.7 Å². The van der Waals surface area contributed by atoms with E-state index in [0.717, 1.165) is 12.8 Å². The minimum atomic E-state index is 0.0472. The van der Waals surface area contributed by atoms with E-state index in [1.165, 1.54) is 13.4 Å². The number of methoxy groups -OCH3 is 1. The van der Waals surface area contributed by atoms with Gasteiger partial charge in [0.1, 0.15) is 6.33 Å². The number of nitrogens with one attached hydrogen (secondary N) is 2. The van der Waals surface area contributed by atoms with Crippen molar-refractivity contribution in [2.75, 3.05) is 24.7 Å². The zero-order valence-corrected chi connectivity index (χ0v) is 10.3. The first-order valence-corrected chi connectivity index (χ1v) is 5.88. The van der Waals surface area contributed by atoms with E-state index in [9.17, 15) is 4.79 Å². The molecule has 1 aromatic rings. The number of amides is 1. The van der Waals surface area contributed by atoms with Gasteiger partial charge in [-0.15, -0.1) is 0 Å². The van der Waals surface area contributed by atoms with Crippen LogP contribution in [-0.4, -0.2) is 35.6 Å². The molecular formula is C11H17N5O2. The van der Waals surface area contributed by atoms with Gasteiger partial charge in [0.05, 0.1) is 7.11 Å². The molecule has 2 rings (SSSR count). The van der Waals surface area contributed by atoms with Gasteiger partial charge in [-0.3, -0.25) is 4.79 Å². The van der Waals surface area contributed by atoms with Gasteiger partial charge in [-0.1, -0.05) is 0 Å². The van der Waals surface area contributed by atoms with Crippen molar-refractivity contribution in [3.05, 3.63) is 6.33 Å². The first kappa shape index (κ1) is 12.4. The molecule has 18 heavy (non-hydrogen) atoms. The molecule has 0 atom stereocenters. The molecular weight excluding hydrogens is 234 g/mol. The standard InChI is InChI=1S/C11H17N5O2/c1-18-9-10(12)14-6-15-11(9)13-5-4-8(17)16-7-2-3-7/h6-7H,2-5H2,1H3,(H,16,17)(H3,12,13,14,15). The molecule has 98 valence electrons. The van der Waals surface area contributed by atoms with Crippen LogP contribution in [0.2, 0.25) is 0 Å². The normalized spacial score (nSPS) is 14.1. The molecule has 7 heteroatoms. The van der Waals surface area contributed by atoms with Crippen molar-refractivity contribution in [2.24, 2.45) is 0 Å². The number of rotatable bonds is 6. The molecule has 1 aliphatic rings. The average Bonchev–Trinajstić information content (AvgIpc) is 3.13. The van der Waals surface area contributed by atoms with Crippen molar-refractivity contribution in [3.8, 4) is 5.75 Å². The number of hydrogen-bond donors (Lipinski definition) is 3. The van der Waals surface area contributed by atoms with Crippen LogP contribution in [0.5, 0.6) is 5.75 Å². The SMILES string of the molecule is COc1c(N)ncnc1NCCC(=O)NC1CC1. The molecule has 0 aliphatic heterocycles. The fraction of sp³-hybridized carbons (Fsp3) is 0.545. The molecule has 1 aliphatic carbocycles. The number of hydrogen-bond acceptors (Lipinski definition) is 6. The highest BCUT2D eigenvalue weighted by molar-refractivity contribution is 5.77. The number of nitrogens with zero attached hydrogens (tertiary/aromatic N) is 2. The zero-order valence-electron chi connectivity index (χ0n) is 10.3. The third-order valence-electron chi connectivity index (χ3n) is 2.62. The summed E-state index contributed by atoms with van der Waals surface area (Å²) in [5.74, 6) is 1.23. The number of nitrogen functional groups attached to an aromatic ring is 1. The van der Waals surface area contributed by atoms with Gasteiger partial charge in [0.15, 0.2) is 11.6 Å². The lowest BCUT2D eigenvalue weighted by molar-refractivity contribution is -0.120. The predicted molar refractivity (Wildman–Crippen MR) is 67.3 cm³/mol. The fourth-order valence-electron chi connectivity index (χ4n) is 1.54. The lowest BCUT2D eigenvalue weighted by atomic mass is 10.3. The van der Waals surface area contributed by atoms with Gasteiger partial charge in [-0.2, -0.15) is 0 Å². The smallest absolute Gasteiger partial charge is 0.221 e. The molecule has 0 saturated heterocycles. The van der Waals surface area contributed by atoms with Crippen LogP contribution in [0.3, 0.4) is 0 Å². The molecule has 0 aromatic carbocycles. The van der Waals surface area contributed by atoms with Gasteiger partial charge < -0.3 is 21.1 Å². The van der Waals surface area contributed by atoms with Crippen LogP contribution in [0.1, 0.15) is 19.3 Å². The van der Waals surface area contributed by atoms with E-state index in [4.69, 9.17) is 10.5 Å². The minimum absolute atomic E-state index is 0.0472. The summed E-state index contributed by atoms with van der Waals surface area (Å²) in [4.78, 5) is 19.3. The molecule has 1 amide bonds. The molecule has 0 radical (unpaired) electrons. The topological polar surface area (TPSA) is 102 Å². The van der Waals surface area contributed by atoms with Crippen molar-refractivity contribution in [1.82, 2.24) is 15.3 Å². The van der Waals surface area contributed by atoms with Gasteiger partial charge in [0.2, 0.25) is 11.7 Å². The molecule has 1 fully saturated rings. The Balaban J connectivity index is 1.82. The van der Waals surface area contributed by atoms with Crippen molar-refractivity contribution >= 4 is 17.5 Å². The first-order valence-electron chi connectivity index (χ1n) is 5.88. The maximum absolute atomic E-state index is 11.5. The molecule has 1 saturated carbocycles. The van der Waals surface area contributed by atoms with E-state index in [1.54, 1.807) is 0 Å². The van der Waals surface area contributed by atoms with Crippen molar-refractivity contribution < 1.29 is 9.53 Å². The quantitative estimate of drug-likeness (QED) is 0.665. The number of anilines is 2. The van der Waals surface area contributed by atoms with Crippen LogP contribution >= 0.6 is 0 Å². The van der Waals surface area contributed by atoms with Crippen LogP contribution in [0, 0.1) is 0 Å². The van der Waals surface area contributed by atoms with Gasteiger partial charge in [0, 0.05) is 19.0 Å². The summed E-state index contributed by atoms with van der Waals surface area (Å²) in [7, 11) is 1.50. The van der Waals surface area contributed by atoms with Crippen molar-refractivity contribution in [3.63, 3.8) is 0 Å². The van der Waals surface area contributed by atoms with E-state index in [0.29, 0.717) is 30.6 Å². The van der Waals surface area contributed by atoms with E-state index < -0.39 is 0 Å². The number of carbonyl (C=O) groups is 1. The highest BCUT2D eigenvalue weighted by Gasteiger charge is 2.22. The summed E-state index contributed by atoms with van der Waals surface area (Å²) in [5.41, 5.74) is 5.64. The Morgan fingerprint density at radius 1 is 1.56 bits per heavy atom. The summed E-state index contributed by atoms with van der Waals surface area (Å²) in [6.07, 6.45) is 3.93. The zero-order chi connectivity index (χ0) is 13.0. The molecule has 4 N–H and O–H groups in total. The molecule has 7 nitrogen and oxygen atoms in total. The van der Waals surface area contributed by atoms with Gasteiger partial charge in [-0.25, -0.2) is 9.97 Å². The Morgan fingerprint density at radius 3 is 3.00 bits per heavy atom. The van der Waals surface area contributed by atoms with Crippen molar-refractivity contribution in [1.29, 1.82) is 0 Å². The third-order valence-corrected chi connectivity index (χ3v) is 2.62. The number of carbonyl (C=O) groups excluding carboxylic acids is 1. The monoisotopic (exact) mass is 251 g/mol. The van der Waals surface area contributed by atoms with Gasteiger partial charge >= 0.3 is 0 Å².